The van der Waals surface area contributed by atoms with E-state index in [0.29, 0.717) is 6.04 Å². The maximum atomic E-state index is 13.0. The van der Waals surface area contributed by atoms with Crippen molar-refractivity contribution in [3.05, 3.63) is 41.8 Å². The molecule has 0 bridgehead atoms. The molecule has 0 radical (unpaired) electrons. The number of H-pyrrole nitrogens is 1. The van der Waals surface area contributed by atoms with Crippen LogP contribution in [0, 0.1) is 5.82 Å². The van der Waals surface area contributed by atoms with Crippen LogP contribution in [-0.4, -0.2) is 40.8 Å². The minimum absolute atomic E-state index is 0.217. The van der Waals surface area contributed by atoms with Crippen molar-refractivity contribution < 1.29 is 4.39 Å². The van der Waals surface area contributed by atoms with Gasteiger partial charge in [-0.3, -0.25) is 10.00 Å². The molecule has 2 aromatic rings. The molecule has 0 amide bonds. The first-order chi connectivity index (χ1) is 9.72. The van der Waals surface area contributed by atoms with Crippen LogP contribution >= 0.6 is 0 Å². The van der Waals surface area contributed by atoms with Crippen molar-refractivity contribution in [3.63, 3.8) is 0 Å². The molecule has 0 unspecified atom stereocenters. The van der Waals surface area contributed by atoms with E-state index < -0.39 is 0 Å². The molecular formula is C15H19FN4. The molecule has 0 spiro atoms. The summed E-state index contributed by atoms with van der Waals surface area (Å²) < 4.78 is 13.0. The number of hydrogen-bond donors (Lipinski definition) is 2. The van der Waals surface area contributed by atoms with Crippen LogP contribution in [0.15, 0.2) is 30.5 Å². The molecule has 2 N–H and O–H groups in total. The monoisotopic (exact) mass is 274 g/mol. The van der Waals surface area contributed by atoms with Crippen LogP contribution in [0.3, 0.4) is 0 Å². The van der Waals surface area contributed by atoms with Crippen molar-refractivity contribution >= 4 is 0 Å². The first kappa shape index (κ1) is 13.3. The molecule has 1 aromatic carbocycles. The third-order valence-corrected chi connectivity index (χ3v) is 3.70. The highest BCUT2D eigenvalue weighted by atomic mass is 19.1. The summed E-state index contributed by atoms with van der Waals surface area (Å²) in [5, 5.41) is 10.6. The first-order valence-corrected chi connectivity index (χ1v) is 6.96. The van der Waals surface area contributed by atoms with Crippen molar-refractivity contribution in [1.82, 2.24) is 20.4 Å². The number of hydrogen-bond acceptors (Lipinski definition) is 3. The number of aromatic nitrogens is 2. The number of nitrogens with one attached hydrogen (secondary N) is 2. The number of benzene rings is 1. The van der Waals surface area contributed by atoms with Gasteiger partial charge in [0.2, 0.25) is 0 Å². The summed E-state index contributed by atoms with van der Waals surface area (Å²) >= 11 is 0. The maximum Gasteiger partial charge on any atom is 0.123 e. The van der Waals surface area contributed by atoms with Gasteiger partial charge in [0.1, 0.15) is 5.82 Å². The second-order valence-electron chi connectivity index (χ2n) is 5.37. The zero-order chi connectivity index (χ0) is 13.9. The molecule has 0 aliphatic carbocycles. The summed E-state index contributed by atoms with van der Waals surface area (Å²) in [5.74, 6) is -0.217. The molecule has 20 heavy (non-hydrogen) atoms. The third-order valence-electron chi connectivity index (χ3n) is 3.70. The molecule has 0 saturated carbocycles. The first-order valence-electron chi connectivity index (χ1n) is 6.96. The lowest BCUT2D eigenvalue weighted by molar-refractivity contribution is 0.200. The molecule has 1 atom stereocenters. The number of halogens is 1. The van der Waals surface area contributed by atoms with E-state index >= 15 is 0 Å². The Kier molecular flexibility index (Phi) is 3.80. The van der Waals surface area contributed by atoms with Gasteiger partial charge in [-0.2, -0.15) is 5.10 Å². The van der Waals surface area contributed by atoms with Gasteiger partial charge in [0.15, 0.2) is 0 Å². The van der Waals surface area contributed by atoms with Crippen molar-refractivity contribution in [1.29, 1.82) is 0 Å². The average molecular weight is 274 g/mol. The number of aromatic amines is 1. The Morgan fingerprint density at radius 2 is 2.15 bits per heavy atom. The fourth-order valence-electron chi connectivity index (χ4n) is 2.69. The summed E-state index contributed by atoms with van der Waals surface area (Å²) in [4.78, 5) is 2.42. The molecule has 1 aliphatic rings. The lowest BCUT2D eigenvalue weighted by atomic mass is 10.1. The highest BCUT2D eigenvalue weighted by Gasteiger charge is 2.18. The zero-order valence-corrected chi connectivity index (χ0v) is 11.6. The van der Waals surface area contributed by atoms with Gasteiger partial charge >= 0.3 is 0 Å². The summed E-state index contributed by atoms with van der Waals surface area (Å²) in [6.45, 7) is 6.16. The Balaban J connectivity index is 1.78. The minimum Gasteiger partial charge on any atom is -0.312 e. The van der Waals surface area contributed by atoms with Gasteiger partial charge in [-0.25, -0.2) is 4.39 Å². The Bertz CT molecular complexity index is 564. The van der Waals surface area contributed by atoms with Crippen LogP contribution in [-0.2, 0) is 6.54 Å². The molecule has 5 heteroatoms. The summed E-state index contributed by atoms with van der Waals surface area (Å²) in [6, 6.07) is 7.05. The van der Waals surface area contributed by atoms with E-state index in [1.54, 1.807) is 12.1 Å². The van der Waals surface area contributed by atoms with Crippen LogP contribution < -0.4 is 5.32 Å². The van der Waals surface area contributed by atoms with Crippen molar-refractivity contribution in [2.75, 3.05) is 19.6 Å². The van der Waals surface area contributed by atoms with Gasteiger partial charge < -0.3 is 5.32 Å². The molecule has 106 valence electrons. The van der Waals surface area contributed by atoms with Gasteiger partial charge in [-0.1, -0.05) is 0 Å². The predicted octanol–water partition coefficient (Wildman–Crippen LogP) is 2.01. The van der Waals surface area contributed by atoms with Crippen LogP contribution in [0.5, 0.6) is 0 Å². The van der Waals surface area contributed by atoms with E-state index in [9.17, 15) is 4.39 Å². The van der Waals surface area contributed by atoms with Gasteiger partial charge in [-0.15, -0.1) is 0 Å². The summed E-state index contributed by atoms with van der Waals surface area (Å²) in [6.07, 6.45) is 1.87. The lowest BCUT2D eigenvalue weighted by Gasteiger charge is -2.31. The Morgan fingerprint density at radius 3 is 2.90 bits per heavy atom. The second kappa shape index (κ2) is 5.73. The van der Waals surface area contributed by atoms with Crippen LogP contribution in [0.25, 0.3) is 11.3 Å². The molecule has 2 heterocycles. The minimum atomic E-state index is -0.217. The maximum absolute atomic E-state index is 13.0. The van der Waals surface area contributed by atoms with Gasteiger partial charge in [-0.05, 0) is 31.2 Å². The van der Waals surface area contributed by atoms with Gasteiger partial charge in [0, 0.05) is 43.3 Å². The normalized spacial score (nSPS) is 20.2. The Hall–Kier alpha value is -1.72. The topological polar surface area (TPSA) is 44.0 Å². The van der Waals surface area contributed by atoms with Gasteiger partial charge in [0.25, 0.3) is 0 Å². The van der Waals surface area contributed by atoms with Crippen molar-refractivity contribution in [2.45, 2.75) is 19.5 Å². The third kappa shape index (κ3) is 2.89. The number of nitrogens with zero attached hydrogens (tertiary/aromatic N) is 2. The molecule has 1 aliphatic heterocycles. The van der Waals surface area contributed by atoms with Crippen LogP contribution in [0.4, 0.5) is 4.39 Å². The molecule has 1 saturated heterocycles. The van der Waals surface area contributed by atoms with E-state index in [4.69, 9.17) is 0 Å². The van der Waals surface area contributed by atoms with Crippen molar-refractivity contribution in [2.24, 2.45) is 0 Å². The van der Waals surface area contributed by atoms with Crippen molar-refractivity contribution in [3.8, 4) is 11.3 Å². The quantitative estimate of drug-likeness (QED) is 0.900. The zero-order valence-electron chi connectivity index (χ0n) is 11.6. The lowest BCUT2D eigenvalue weighted by Crippen LogP contribution is -2.48. The standard InChI is InChI=1S/C15H19FN4/c1-11-9-20(7-6-17-11)10-13-8-18-19-15(13)12-2-4-14(16)5-3-12/h2-5,8,11,17H,6-7,9-10H2,1H3,(H,18,19)/t11-/m1/s1. The molecule has 3 rings (SSSR count). The average Bonchev–Trinajstić information content (AvgIpc) is 2.88. The molecule has 1 aromatic heterocycles. The van der Waals surface area contributed by atoms with E-state index in [2.05, 4.69) is 27.3 Å². The number of piperazine rings is 1. The molecular weight excluding hydrogens is 255 g/mol. The highest BCUT2D eigenvalue weighted by Crippen LogP contribution is 2.22. The second-order valence-corrected chi connectivity index (χ2v) is 5.37. The predicted molar refractivity (Wildman–Crippen MR) is 76.7 cm³/mol. The summed E-state index contributed by atoms with van der Waals surface area (Å²) in [7, 11) is 0. The fourth-order valence-corrected chi connectivity index (χ4v) is 2.69. The van der Waals surface area contributed by atoms with Gasteiger partial charge in [0.05, 0.1) is 11.9 Å². The smallest absolute Gasteiger partial charge is 0.123 e. The SMILES string of the molecule is C[C@@H]1CN(Cc2cn[nH]c2-c2ccc(F)cc2)CCN1. The Morgan fingerprint density at radius 1 is 1.35 bits per heavy atom. The van der Waals surface area contributed by atoms with E-state index in [-0.39, 0.29) is 5.82 Å². The van der Waals surface area contributed by atoms with E-state index in [0.717, 1.165) is 43.0 Å². The van der Waals surface area contributed by atoms with Crippen LogP contribution in [0.2, 0.25) is 0 Å². The highest BCUT2D eigenvalue weighted by molar-refractivity contribution is 5.62. The molecule has 4 nitrogen and oxygen atoms in total. The number of rotatable bonds is 3. The van der Waals surface area contributed by atoms with E-state index in [1.165, 1.54) is 12.1 Å². The fraction of sp³-hybridized carbons (Fsp3) is 0.400. The van der Waals surface area contributed by atoms with E-state index in [1.807, 2.05) is 6.20 Å². The Labute approximate surface area is 118 Å². The van der Waals surface area contributed by atoms with Crippen LogP contribution in [0.1, 0.15) is 12.5 Å². The largest absolute Gasteiger partial charge is 0.312 e. The summed E-state index contributed by atoms with van der Waals surface area (Å²) in [5.41, 5.74) is 3.11. The molecule has 1 fully saturated rings.